The summed E-state index contributed by atoms with van der Waals surface area (Å²) in [6.45, 7) is 4.74. The van der Waals surface area contributed by atoms with Crippen molar-refractivity contribution < 1.29 is 9.53 Å². The molecule has 2 aromatic heterocycles. The molecule has 6 heteroatoms. The summed E-state index contributed by atoms with van der Waals surface area (Å²) in [7, 11) is 0. The molecule has 1 aliphatic heterocycles. The number of fused-ring (bicyclic) bond motifs is 2. The van der Waals surface area contributed by atoms with Gasteiger partial charge < -0.3 is 10.1 Å². The van der Waals surface area contributed by atoms with Gasteiger partial charge in [0.1, 0.15) is 5.75 Å². The monoisotopic (exact) mass is 341 g/mol. The molecule has 4 rings (SSSR count). The number of hydrogen-bond donors (Lipinski definition) is 1. The molecule has 3 heterocycles. The standard InChI is InChI=1S/C18H19N3O2S/c1-11-7-12(2)17-14(8-11)15(3-5-23-17)20-16(22)9-13-10-21-4-6-24-18(21)19-13/h4,6-8,10,15H,3,5,9H2,1-2H3,(H,20,22). The van der Waals surface area contributed by atoms with Crippen LogP contribution in [0.3, 0.4) is 0 Å². The molecule has 124 valence electrons. The van der Waals surface area contributed by atoms with Crippen molar-refractivity contribution in [1.82, 2.24) is 14.7 Å². The summed E-state index contributed by atoms with van der Waals surface area (Å²) >= 11 is 1.57. The number of carbonyl (C=O) groups is 1. The van der Waals surface area contributed by atoms with Crippen molar-refractivity contribution >= 4 is 22.2 Å². The second kappa shape index (κ2) is 5.94. The Kier molecular flexibility index (Phi) is 3.76. The number of hydrogen-bond acceptors (Lipinski definition) is 4. The largest absolute Gasteiger partial charge is 0.493 e. The molecule has 0 fully saturated rings. The highest BCUT2D eigenvalue weighted by Crippen LogP contribution is 2.35. The smallest absolute Gasteiger partial charge is 0.226 e. The van der Waals surface area contributed by atoms with Gasteiger partial charge in [0, 0.05) is 29.8 Å². The molecule has 1 amide bonds. The van der Waals surface area contributed by atoms with Crippen LogP contribution in [0.2, 0.25) is 0 Å². The van der Waals surface area contributed by atoms with Crippen LogP contribution in [0.4, 0.5) is 0 Å². The van der Waals surface area contributed by atoms with E-state index in [9.17, 15) is 4.79 Å². The fourth-order valence-corrected chi connectivity index (χ4v) is 4.02. The summed E-state index contributed by atoms with van der Waals surface area (Å²) < 4.78 is 7.75. The third-order valence-corrected chi connectivity index (χ3v) is 5.07. The van der Waals surface area contributed by atoms with Crippen LogP contribution in [0, 0.1) is 13.8 Å². The molecule has 1 aromatic carbocycles. The second-order valence-corrected chi connectivity index (χ2v) is 7.13. The molecule has 1 aliphatic rings. The predicted molar refractivity (Wildman–Crippen MR) is 93.7 cm³/mol. The number of imidazole rings is 1. The van der Waals surface area contributed by atoms with Gasteiger partial charge in [0.2, 0.25) is 5.91 Å². The topological polar surface area (TPSA) is 55.6 Å². The molecule has 1 unspecified atom stereocenters. The first kappa shape index (κ1) is 15.2. The van der Waals surface area contributed by atoms with E-state index in [0.29, 0.717) is 13.0 Å². The van der Waals surface area contributed by atoms with Crippen LogP contribution in [0.1, 0.15) is 34.8 Å². The summed E-state index contributed by atoms with van der Waals surface area (Å²) in [5.41, 5.74) is 4.19. The SMILES string of the molecule is Cc1cc(C)c2c(c1)C(NC(=O)Cc1cn3ccsc3n1)CCO2. The molecule has 0 radical (unpaired) electrons. The van der Waals surface area contributed by atoms with Gasteiger partial charge in [0.15, 0.2) is 4.96 Å². The minimum absolute atomic E-state index is 0.00207. The molecule has 0 aliphatic carbocycles. The Morgan fingerprint density at radius 2 is 2.33 bits per heavy atom. The van der Waals surface area contributed by atoms with Crippen LogP contribution in [0.25, 0.3) is 4.96 Å². The Morgan fingerprint density at radius 3 is 3.17 bits per heavy atom. The lowest BCUT2D eigenvalue weighted by molar-refractivity contribution is -0.121. The van der Waals surface area contributed by atoms with Gasteiger partial charge in [-0.1, -0.05) is 17.7 Å². The summed E-state index contributed by atoms with van der Waals surface area (Å²) in [5.74, 6) is 0.914. The van der Waals surface area contributed by atoms with Crippen molar-refractivity contribution in [3.8, 4) is 5.75 Å². The van der Waals surface area contributed by atoms with Crippen LogP contribution in [-0.4, -0.2) is 21.9 Å². The van der Waals surface area contributed by atoms with E-state index in [2.05, 4.69) is 29.4 Å². The van der Waals surface area contributed by atoms with E-state index < -0.39 is 0 Å². The van der Waals surface area contributed by atoms with Gasteiger partial charge in [-0.25, -0.2) is 4.98 Å². The van der Waals surface area contributed by atoms with Gasteiger partial charge in [-0.05, 0) is 19.4 Å². The quantitative estimate of drug-likeness (QED) is 0.796. The first-order valence-corrected chi connectivity index (χ1v) is 8.92. The maximum absolute atomic E-state index is 12.5. The Hall–Kier alpha value is -2.34. The lowest BCUT2D eigenvalue weighted by Crippen LogP contribution is -2.33. The van der Waals surface area contributed by atoms with E-state index in [1.165, 1.54) is 5.56 Å². The average Bonchev–Trinajstić information content (AvgIpc) is 3.09. The normalized spacial score (nSPS) is 16.7. The lowest BCUT2D eigenvalue weighted by Gasteiger charge is -2.28. The Morgan fingerprint density at radius 1 is 1.46 bits per heavy atom. The highest BCUT2D eigenvalue weighted by molar-refractivity contribution is 7.15. The molecule has 0 saturated heterocycles. The van der Waals surface area contributed by atoms with Crippen molar-refractivity contribution in [3.05, 3.63) is 52.3 Å². The Bertz CT molecular complexity index is 884. The predicted octanol–water partition coefficient (Wildman–Crippen LogP) is 3.20. The number of nitrogens with zero attached hydrogens (tertiary/aromatic N) is 2. The highest BCUT2D eigenvalue weighted by Gasteiger charge is 2.25. The third-order valence-electron chi connectivity index (χ3n) is 4.30. The maximum Gasteiger partial charge on any atom is 0.226 e. The minimum atomic E-state index is -0.00207. The van der Waals surface area contributed by atoms with Crippen LogP contribution in [0.15, 0.2) is 29.9 Å². The first-order valence-electron chi connectivity index (χ1n) is 8.04. The van der Waals surface area contributed by atoms with Gasteiger partial charge in [0.05, 0.1) is 24.8 Å². The first-order chi connectivity index (χ1) is 11.6. The Balaban J connectivity index is 1.51. The van der Waals surface area contributed by atoms with Gasteiger partial charge in [-0.3, -0.25) is 9.20 Å². The van der Waals surface area contributed by atoms with Crippen LogP contribution < -0.4 is 10.1 Å². The number of carbonyl (C=O) groups excluding carboxylic acids is 1. The highest BCUT2D eigenvalue weighted by atomic mass is 32.1. The van der Waals surface area contributed by atoms with E-state index >= 15 is 0 Å². The van der Waals surface area contributed by atoms with E-state index in [1.807, 2.05) is 29.1 Å². The van der Waals surface area contributed by atoms with Crippen molar-refractivity contribution in [2.24, 2.45) is 0 Å². The van der Waals surface area contributed by atoms with Crippen molar-refractivity contribution in [2.45, 2.75) is 32.7 Å². The van der Waals surface area contributed by atoms with Gasteiger partial charge >= 0.3 is 0 Å². The molecule has 5 nitrogen and oxygen atoms in total. The summed E-state index contributed by atoms with van der Waals surface area (Å²) in [6, 6.07) is 4.23. The third kappa shape index (κ3) is 2.78. The molecule has 0 bridgehead atoms. The number of benzene rings is 1. The van der Waals surface area contributed by atoms with Gasteiger partial charge in [0.25, 0.3) is 0 Å². The molecule has 0 spiro atoms. The van der Waals surface area contributed by atoms with Gasteiger partial charge in [-0.15, -0.1) is 11.3 Å². The zero-order valence-electron chi connectivity index (χ0n) is 13.7. The van der Waals surface area contributed by atoms with Crippen LogP contribution >= 0.6 is 11.3 Å². The van der Waals surface area contributed by atoms with E-state index in [1.54, 1.807) is 11.3 Å². The Labute approximate surface area is 144 Å². The number of amides is 1. The fraction of sp³-hybridized carbons (Fsp3) is 0.333. The molecule has 1 N–H and O–H groups in total. The zero-order valence-corrected chi connectivity index (χ0v) is 14.5. The second-order valence-electron chi connectivity index (χ2n) is 6.26. The zero-order chi connectivity index (χ0) is 16.7. The average molecular weight is 341 g/mol. The fourth-order valence-electron chi connectivity index (χ4n) is 3.30. The molecular weight excluding hydrogens is 322 g/mol. The number of rotatable bonds is 3. The van der Waals surface area contributed by atoms with Crippen molar-refractivity contribution in [2.75, 3.05) is 6.61 Å². The van der Waals surface area contributed by atoms with E-state index in [4.69, 9.17) is 4.74 Å². The van der Waals surface area contributed by atoms with Gasteiger partial charge in [-0.2, -0.15) is 0 Å². The van der Waals surface area contributed by atoms with Crippen LogP contribution in [-0.2, 0) is 11.2 Å². The lowest BCUT2D eigenvalue weighted by atomic mass is 9.95. The number of aryl methyl sites for hydroxylation is 2. The maximum atomic E-state index is 12.5. The molecule has 24 heavy (non-hydrogen) atoms. The molecule has 3 aromatic rings. The number of aromatic nitrogens is 2. The van der Waals surface area contributed by atoms with Crippen LogP contribution in [0.5, 0.6) is 5.75 Å². The number of thiazole rings is 1. The summed E-state index contributed by atoms with van der Waals surface area (Å²) in [4.78, 5) is 17.9. The van der Waals surface area contributed by atoms with Crippen molar-refractivity contribution in [3.63, 3.8) is 0 Å². The van der Waals surface area contributed by atoms with E-state index in [0.717, 1.165) is 34.0 Å². The number of nitrogens with one attached hydrogen (secondary N) is 1. The molecule has 0 saturated carbocycles. The van der Waals surface area contributed by atoms with Crippen molar-refractivity contribution in [1.29, 1.82) is 0 Å². The summed E-state index contributed by atoms with van der Waals surface area (Å²) in [5, 5.41) is 5.13. The molecule has 1 atom stereocenters. The summed E-state index contributed by atoms with van der Waals surface area (Å²) in [6.07, 6.45) is 4.96. The minimum Gasteiger partial charge on any atom is -0.493 e. The molecular formula is C18H19N3O2S. The number of ether oxygens (including phenoxy) is 1. The van der Waals surface area contributed by atoms with E-state index in [-0.39, 0.29) is 11.9 Å².